The van der Waals surface area contributed by atoms with Crippen molar-refractivity contribution in [3.05, 3.63) is 0 Å². The first-order chi connectivity index (χ1) is 8.63. The number of aliphatic imine (C=N–C) groups is 1. The Kier molecular flexibility index (Phi) is 5.88. The number of ether oxygens (including phenoxy) is 1. The largest absolute Gasteiger partial charge is 0.469 e. The van der Waals surface area contributed by atoms with Gasteiger partial charge in [0.1, 0.15) is 0 Å². The third-order valence-corrected chi connectivity index (χ3v) is 3.22. The molecule has 0 aromatic rings. The molecule has 0 spiro atoms. The van der Waals surface area contributed by atoms with Crippen LogP contribution < -0.4 is 5.32 Å². The molecule has 2 atom stereocenters. The number of hydrogen-bond donors (Lipinski definition) is 1. The van der Waals surface area contributed by atoms with Gasteiger partial charge in [-0.05, 0) is 12.3 Å². The number of guanidine groups is 1. The summed E-state index contributed by atoms with van der Waals surface area (Å²) >= 11 is 0. The van der Waals surface area contributed by atoms with E-state index >= 15 is 0 Å². The molecule has 18 heavy (non-hydrogen) atoms. The summed E-state index contributed by atoms with van der Waals surface area (Å²) in [6.07, 6.45) is 0.461. The van der Waals surface area contributed by atoms with E-state index in [1.165, 1.54) is 7.11 Å². The van der Waals surface area contributed by atoms with Crippen LogP contribution in [0.3, 0.4) is 0 Å². The van der Waals surface area contributed by atoms with Gasteiger partial charge in [0.25, 0.3) is 0 Å². The van der Waals surface area contributed by atoms with Gasteiger partial charge in [-0.2, -0.15) is 0 Å². The summed E-state index contributed by atoms with van der Waals surface area (Å²) in [7, 11) is 3.10. The van der Waals surface area contributed by atoms with Crippen LogP contribution in [0, 0.1) is 11.8 Å². The monoisotopic (exact) mass is 259 g/mol. The van der Waals surface area contributed by atoms with Crippen molar-refractivity contribution < 1.29 is 13.9 Å². The number of esters is 1. The second-order valence-corrected chi connectivity index (χ2v) is 4.53. The lowest BCUT2D eigenvalue weighted by Gasteiger charge is -2.21. The topological polar surface area (TPSA) is 53.9 Å². The molecule has 0 radical (unpaired) electrons. The lowest BCUT2D eigenvalue weighted by molar-refractivity contribution is -0.145. The fraction of sp³-hybridized carbons (Fsp3) is 0.833. The fourth-order valence-corrected chi connectivity index (χ4v) is 2.20. The number of rotatable bonds is 4. The van der Waals surface area contributed by atoms with Crippen LogP contribution >= 0.6 is 0 Å². The number of hydrogen-bond acceptors (Lipinski definition) is 3. The quantitative estimate of drug-likeness (QED) is 0.349. The average Bonchev–Trinajstić information content (AvgIpc) is 2.76. The predicted octanol–water partition coefficient (Wildman–Crippen LogP) is 0.662. The van der Waals surface area contributed by atoms with Crippen LogP contribution in [0.4, 0.5) is 4.39 Å². The SMILES string of the molecule is CN=C(NCCCF)N1CC(C)C(C(=O)OC)C1. The normalized spacial score (nSPS) is 24.2. The minimum atomic E-state index is -0.342. The number of halogens is 1. The van der Waals surface area contributed by atoms with Crippen molar-refractivity contribution in [1.82, 2.24) is 10.2 Å². The molecule has 6 heteroatoms. The van der Waals surface area contributed by atoms with E-state index in [1.807, 2.05) is 11.8 Å². The van der Waals surface area contributed by atoms with Gasteiger partial charge in [-0.1, -0.05) is 6.92 Å². The van der Waals surface area contributed by atoms with Crippen molar-refractivity contribution in [3.63, 3.8) is 0 Å². The molecule has 5 nitrogen and oxygen atoms in total. The number of alkyl halides is 1. The highest BCUT2D eigenvalue weighted by atomic mass is 19.1. The highest BCUT2D eigenvalue weighted by Crippen LogP contribution is 2.23. The van der Waals surface area contributed by atoms with Crippen LogP contribution in [0.5, 0.6) is 0 Å². The highest BCUT2D eigenvalue weighted by molar-refractivity contribution is 5.82. The zero-order valence-electron chi connectivity index (χ0n) is 11.3. The van der Waals surface area contributed by atoms with E-state index in [0.717, 1.165) is 12.5 Å². The summed E-state index contributed by atoms with van der Waals surface area (Å²) in [5, 5.41) is 3.09. The number of nitrogens with one attached hydrogen (secondary N) is 1. The van der Waals surface area contributed by atoms with Gasteiger partial charge < -0.3 is 15.0 Å². The van der Waals surface area contributed by atoms with Crippen LogP contribution in [0.1, 0.15) is 13.3 Å². The second kappa shape index (κ2) is 7.18. The first-order valence-corrected chi connectivity index (χ1v) is 6.23. The van der Waals surface area contributed by atoms with Gasteiger partial charge in [-0.3, -0.25) is 14.2 Å². The van der Waals surface area contributed by atoms with Gasteiger partial charge >= 0.3 is 5.97 Å². The number of methoxy groups -OCH3 is 1. The Labute approximate surface area is 107 Å². The maximum Gasteiger partial charge on any atom is 0.310 e. The van der Waals surface area contributed by atoms with Crippen molar-refractivity contribution in [2.45, 2.75) is 13.3 Å². The van der Waals surface area contributed by atoms with Crippen molar-refractivity contribution in [2.75, 3.05) is 40.5 Å². The van der Waals surface area contributed by atoms with Gasteiger partial charge in [0.05, 0.1) is 19.7 Å². The Morgan fingerprint density at radius 1 is 1.56 bits per heavy atom. The number of carbonyl (C=O) groups is 1. The third-order valence-electron chi connectivity index (χ3n) is 3.22. The number of likely N-dealkylation sites (tertiary alicyclic amines) is 1. The smallest absolute Gasteiger partial charge is 0.310 e. The Morgan fingerprint density at radius 2 is 2.28 bits per heavy atom. The Morgan fingerprint density at radius 3 is 2.83 bits per heavy atom. The molecule has 1 rings (SSSR count). The summed E-state index contributed by atoms with van der Waals surface area (Å²) in [5.41, 5.74) is 0. The standard InChI is InChI=1S/C12H22FN3O2/c1-9-7-16(8-10(9)11(17)18-3)12(14-2)15-6-4-5-13/h9-10H,4-8H2,1-3H3,(H,14,15). The third kappa shape index (κ3) is 3.58. The molecule has 1 aliphatic rings. The molecule has 1 saturated heterocycles. The Balaban J connectivity index is 2.54. The van der Waals surface area contributed by atoms with Gasteiger partial charge in [0.15, 0.2) is 5.96 Å². The minimum absolute atomic E-state index is 0.116. The molecule has 0 amide bonds. The zero-order chi connectivity index (χ0) is 13.5. The van der Waals surface area contributed by atoms with Gasteiger partial charge in [-0.15, -0.1) is 0 Å². The van der Waals surface area contributed by atoms with Crippen LogP contribution in [0.15, 0.2) is 4.99 Å². The molecule has 0 aromatic heterocycles. The molecule has 0 saturated carbocycles. The van der Waals surface area contributed by atoms with E-state index in [1.54, 1.807) is 7.05 Å². The molecule has 0 aliphatic carbocycles. The molecular weight excluding hydrogens is 237 g/mol. The lowest BCUT2D eigenvalue weighted by Crippen LogP contribution is -2.41. The Hall–Kier alpha value is -1.33. The number of carbonyl (C=O) groups excluding carboxylic acids is 1. The predicted molar refractivity (Wildman–Crippen MR) is 68.2 cm³/mol. The minimum Gasteiger partial charge on any atom is -0.469 e. The maximum absolute atomic E-state index is 12.0. The van der Waals surface area contributed by atoms with E-state index < -0.39 is 0 Å². The fourth-order valence-electron chi connectivity index (χ4n) is 2.20. The maximum atomic E-state index is 12.0. The first-order valence-electron chi connectivity index (χ1n) is 6.23. The summed E-state index contributed by atoms with van der Waals surface area (Å²) in [6, 6.07) is 0. The zero-order valence-corrected chi connectivity index (χ0v) is 11.3. The van der Waals surface area contributed by atoms with E-state index in [2.05, 4.69) is 10.3 Å². The molecule has 1 aliphatic heterocycles. The number of nitrogens with zero attached hydrogens (tertiary/aromatic N) is 2. The summed E-state index contributed by atoms with van der Waals surface area (Å²) in [5.74, 6) is 0.665. The molecule has 104 valence electrons. The van der Waals surface area contributed by atoms with Crippen LogP contribution in [0.2, 0.25) is 0 Å². The molecule has 1 fully saturated rings. The van der Waals surface area contributed by atoms with Gasteiger partial charge in [0, 0.05) is 26.7 Å². The highest BCUT2D eigenvalue weighted by Gasteiger charge is 2.36. The van der Waals surface area contributed by atoms with Crippen LogP contribution in [-0.4, -0.2) is 57.3 Å². The second-order valence-electron chi connectivity index (χ2n) is 4.53. The van der Waals surface area contributed by atoms with Crippen LogP contribution in [0.25, 0.3) is 0 Å². The van der Waals surface area contributed by atoms with E-state index in [4.69, 9.17) is 4.74 Å². The van der Waals surface area contributed by atoms with Gasteiger partial charge in [0.2, 0.25) is 0 Å². The van der Waals surface area contributed by atoms with E-state index in [0.29, 0.717) is 19.5 Å². The van der Waals surface area contributed by atoms with Crippen molar-refractivity contribution in [3.8, 4) is 0 Å². The molecule has 1 N–H and O–H groups in total. The van der Waals surface area contributed by atoms with Crippen molar-refractivity contribution in [1.29, 1.82) is 0 Å². The molecule has 1 heterocycles. The van der Waals surface area contributed by atoms with Crippen molar-refractivity contribution in [2.24, 2.45) is 16.8 Å². The Bertz CT molecular complexity index is 310. The van der Waals surface area contributed by atoms with E-state index in [-0.39, 0.29) is 24.5 Å². The average molecular weight is 259 g/mol. The van der Waals surface area contributed by atoms with Crippen LogP contribution in [-0.2, 0) is 9.53 Å². The first kappa shape index (κ1) is 14.7. The van der Waals surface area contributed by atoms with Gasteiger partial charge in [-0.25, -0.2) is 0 Å². The molecule has 0 aromatic carbocycles. The lowest BCUT2D eigenvalue weighted by atomic mass is 9.99. The summed E-state index contributed by atoms with van der Waals surface area (Å²) < 4.78 is 16.8. The summed E-state index contributed by atoms with van der Waals surface area (Å²) in [4.78, 5) is 17.8. The van der Waals surface area contributed by atoms with E-state index in [9.17, 15) is 9.18 Å². The molecular formula is C12H22FN3O2. The summed E-state index contributed by atoms with van der Waals surface area (Å²) in [6.45, 7) is 3.59. The molecule has 0 bridgehead atoms. The van der Waals surface area contributed by atoms with Crippen molar-refractivity contribution >= 4 is 11.9 Å². The molecule has 2 unspecified atom stereocenters.